The van der Waals surface area contributed by atoms with Gasteiger partial charge in [0.1, 0.15) is 19.8 Å². The molecular formula is C21H28N4O6. The van der Waals surface area contributed by atoms with Crippen molar-refractivity contribution in [3.8, 4) is 11.5 Å². The minimum absolute atomic E-state index is 0.140. The molecule has 1 saturated carbocycles. The van der Waals surface area contributed by atoms with E-state index in [0.717, 1.165) is 25.7 Å². The third-order valence-electron chi connectivity index (χ3n) is 5.57. The molecule has 2 heterocycles. The lowest BCUT2D eigenvalue weighted by Crippen LogP contribution is -2.57. The van der Waals surface area contributed by atoms with E-state index < -0.39 is 11.8 Å². The van der Waals surface area contributed by atoms with Crippen LogP contribution in [0, 0.1) is 0 Å². The molecule has 10 nitrogen and oxygen atoms in total. The maximum absolute atomic E-state index is 13.0. The second-order valence-corrected chi connectivity index (χ2v) is 7.79. The number of hydrogen-bond donors (Lipinski definition) is 2. The van der Waals surface area contributed by atoms with Gasteiger partial charge in [0.15, 0.2) is 11.5 Å². The molecule has 10 heteroatoms. The summed E-state index contributed by atoms with van der Waals surface area (Å²) in [5, 5.41) is 8.50. The molecule has 0 unspecified atom stereocenters. The lowest BCUT2D eigenvalue weighted by Gasteiger charge is -2.36. The van der Waals surface area contributed by atoms with Gasteiger partial charge in [0.05, 0.1) is 13.2 Å². The van der Waals surface area contributed by atoms with Crippen molar-refractivity contribution < 1.29 is 28.6 Å². The number of hydrazine groups is 1. The van der Waals surface area contributed by atoms with Gasteiger partial charge >= 0.3 is 11.8 Å². The van der Waals surface area contributed by atoms with Crippen molar-refractivity contribution in [1.29, 1.82) is 0 Å². The first-order valence-electron chi connectivity index (χ1n) is 10.7. The molecule has 4 rings (SSSR count). The minimum atomic E-state index is -0.822. The number of rotatable bonds is 5. The van der Waals surface area contributed by atoms with Crippen LogP contribution in [0.25, 0.3) is 0 Å². The molecule has 0 radical (unpaired) electrons. The number of hydrogen-bond acceptors (Lipinski definition) is 7. The molecule has 0 aromatic heterocycles. The third kappa shape index (κ3) is 5.45. The van der Waals surface area contributed by atoms with E-state index in [1.54, 1.807) is 23.2 Å². The smallest absolute Gasteiger partial charge is 0.327 e. The van der Waals surface area contributed by atoms with Gasteiger partial charge in [-0.2, -0.15) is 0 Å². The van der Waals surface area contributed by atoms with E-state index in [4.69, 9.17) is 14.2 Å². The van der Waals surface area contributed by atoms with Crippen LogP contribution in [0.2, 0.25) is 0 Å². The molecular weight excluding hydrogens is 404 g/mol. The van der Waals surface area contributed by atoms with Crippen LogP contribution in [0.3, 0.4) is 0 Å². The molecule has 3 amide bonds. The number of fused-ring (bicyclic) bond motifs is 1. The van der Waals surface area contributed by atoms with Crippen molar-refractivity contribution in [2.24, 2.45) is 0 Å². The first-order chi connectivity index (χ1) is 15.1. The van der Waals surface area contributed by atoms with Gasteiger partial charge in [-0.05, 0) is 25.0 Å². The van der Waals surface area contributed by atoms with Crippen LogP contribution in [-0.4, -0.2) is 79.8 Å². The van der Waals surface area contributed by atoms with E-state index in [1.807, 2.05) is 0 Å². The first-order valence-corrected chi connectivity index (χ1v) is 10.7. The number of anilines is 1. The van der Waals surface area contributed by atoms with E-state index in [2.05, 4.69) is 10.6 Å². The van der Waals surface area contributed by atoms with Crippen molar-refractivity contribution >= 4 is 23.4 Å². The zero-order chi connectivity index (χ0) is 21.6. The van der Waals surface area contributed by atoms with Crippen molar-refractivity contribution in [2.45, 2.75) is 31.7 Å². The molecule has 3 aliphatic rings. The molecule has 1 aliphatic carbocycles. The Hall–Kier alpha value is -2.85. The normalized spacial score (nSPS) is 19.0. The zero-order valence-corrected chi connectivity index (χ0v) is 17.4. The van der Waals surface area contributed by atoms with Gasteiger partial charge in [0.2, 0.25) is 5.91 Å². The number of morpholine rings is 1. The maximum atomic E-state index is 13.0. The molecule has 0 bridgehead atoms. The second kappa shape index (κ2) is 9.97. The highest BCUT2D eigenvalue weighted by atomic mass is 16.6. The van der Waals surface area contributed by atoms with E-state index >= 15 is 0 Å². The predicted octanol–water partition coefficient (Wildman–Crippen LogP) is 0.531. The molecule has 2 aliphatic heterocycles. The monoisotopic (exact) mass is 432 g/mol. The SMILES string of the molecule is O=C(CN(C(=O)C(=O)Nc1ccc2c(c1)OCCO2)N1CCOCC1)NC1CCCC1. The van der Waals surface area contributed by atoms with Gasteiger partial charge in [0, 0.05) is 30.9 Å². The Morgan fingerprint density at radius 3 is 2.45 bits per heavy atom. The molecule has 1 aromatic carbocycles. The molecule has 1 saturated heterocycles. The van der Waals surface area contributed by atoms with Gasteiger partial charge < -0.3 is 24.8 Å². The first kappa shape index (κ1) is 21.4. The average Bonchev–Trinajstić information content (AvgIpc) is 3.30. The van der Waals surface area contributed by atoms with Crippen molar-refractivity contribution in [3.63, 3.8) is 0 Å². The largest absolute Gasteiger partial charge is 0.486 e. The van der Waals surface area contributed by atoms with Gasteiger partial charge in [0.25, 0.3) is 0 Å². The molecule has 168 valence electrons. The number of amides is 3. The predicted molar refractivity (Wildman–Crippen MR) is 111 cm³/mol. The van der Waals surface area contributed by atoms with E-state index in [0.29, 0.717) is 56.7 Å². The standard InChI is InChI=1S/C21H28N4O6/c26-19(22-15-3-1-2-4-15)14-25(24-7-9-29-10-8-24)21(28)20(27)23-16-5-6-17-18(13-16)31-12-11-30-17/h5-6,13,15H,1-4,7-12,14H2,(H,22,26)(H,23,27). The molecule has 2 fully saturated rings. The second-order valence-electron chi connectivity index (χ2n) is 7.79. The van der Waals surface area contributed by atoms with E-state index in [-0.39, 0.29) is 18.5 Å². The van der Waals surface area contributed by atoms with Gasteiger partial charge in [-0.25, -0.2) is 5.01 Å². The summed E-state index contributed by atoms with van der Waals surface area (Å²) in [7, 11) is 0. The number of ether oxygens (including phenoxy) is 3. The van der Waals surface area contributed by atoms with Gasteiger partial charge in [-0.1, -0.05) is 12.8 Å². The lowest BCUT2D eigenvalue weighted by atomic mass is 10.2. The van der Waals surface area contributed by atoms with Crippen LogP contribution in [0.4, 0.5) is 5.69 Å². The summed E-state index contributed by atoms with van der Waals surface area (Å²) in [6.45, 7) is 2.40. The Balaban J connectivity index is 1.42. The van der Waals surface area contributed by atoms with Crippen LogP contribution in [-0.2, 0) is 19.1 Å². The number of nitrogens with zero attached hydrogens (tertiary/aromatic N) is 2. The zero-order valence-electron chi connectivity index (χ0n) is 17.4. The fourth-order valence-electron chi connectivity index (χ4n) is 4.00. The number of nitrogens with one attached hydrogen (secondary N) is 2. The van der Waals surface area contributed by atoms with Crippen molar-refractivity contribution in [1.82, 2.24) is 15.3 Å². The summed E-state index contributed by atoms with van der Waals surface area (Å²) in [6.07, 6.45) is 4.08. The highest BCUT2D eigenvalue weighted by Crippen LogP contribution is 2.32. The third-order valence-corrected chi connectivity index (χ3v) is 5.57. The molecule has 31 heavy (non-hydrogen) atoms. The Morgan fingerprint density at radius 1 is 1.00 bits per heavy atom. The molecule has 0 spiro atoms. The molecule has 2 N–H and O–H groups in total. The van der Waals surface area contributed by atoms with Crippen LogP contribution in [0.1, 0.15) is 25.7 Å². The van der Waals surface area contributed by atoms with Crippen molar-refractivity contribution in [2.75, 3.05) is 51.4 Å². The Bertz CT molecular complexity index is 820. The van der Waals surface area contributed by atoms with E-state index in [9.17, 15) is 14.4 Å². The van der Waals surface area contributed by atoms with Crippen LogP contribution in [0.15, 0.2) is 18.2 Å². The Labute approximate surface area is 180 Å². The number of carbonyl (C=O) groups excluding carboxylic acids is 3. The molecule has 0 atom stereocenters. The topological polar surface area (TPSA) is 109 Å². The van der Waals surface area contributed by atoms with Gasteiger partial charge in [-0.3, -0.25) is 19.4 Å². The summed E-state index contributed by atoms with van der Waals surface area (Å²) < 4.78 is 16.3. The maximum Gasteiger partial charge on any atom is 0.327 e. The lowest BCUT2D eigenvalue weighted by molar-refractivity contribution is -0.164. The summed E-state index contributed by atoms with van der Waals surface area (Å²) >= 11 is 0. The Morgan fingerprint density at radius 2 is 1.71 bits per heavy atom. The highest BCUT2D eigenvalue weighted by Gasteiger charge is 2.31. The summed E-state index contributed by atoms with van der Waals surface area (Å²) in [5.74, 6) is -0.777. The fourth-order valence-corrected chi connectivity index (χ4v) is 4.00. The van der Waals surface area contributed by atoms with Crippen molar-refractivity contribution in [3.05, 3.63) is 18.2 Å². The summed E-state index contributed by atoms with van der Waals surface area (Å²) in [5.41, 5.74) is 0.417. The van der Waals surface area contributed by atoms with Gasteiger partial charge in [-0.15, -0.1) is 0 Å². The average molecular weight is 432 g/mol. The van der Waals surface area contributed by atoms with Crippen LogP contribution in [0.5, 0.6) is 11.5 Å². The van der Waals surface area contributed by atoms with E-state index in [1.165, 1.54) is 5.01 Å². The number of carbonyl (C=O) groups is 3. The Kier molecular flexibility index (Phi) is 6.88. The minimum Gasteiger partial charge on any atom is -0.486 e. The fraction of sp³-hybridized carbons (Fsp3) is 0.571. The van der Waals surface area contributed by atoms with Crippen LogP contribution < -0.4 is 20.1 Å². The van der Waals surface area contributed by atoms with Crippen LogP contribution >= 0.6 is 0 Å². The summed E-state index contributed by atoms with van der Waals surface area (Å²) in [6, 6.07) is 5.08. The number of benzene rings is 1. The quantitative estimate of drug-likeness (QED) is 0.654. The molecule has 1 aromatic rings. The highest BCUT2D eigenvalue weighted by molar-refractivity contribution is 6.39. The summed E-state index contributed by atoms with van der Waals surface area (Å²) in [4.78, 5) is 38.3.